The predicted octanol–water partition coefficient (Wildman–Crippen LogP) is 4.64. The van der Waals surface area contributed by atoms with E-state index in [0.29, 0.717) is 43.3 Å². The number of halogens is 1. The predicted molar refractivity (Wildman–Crippen MR) is 130 cm³/mol. The van der Waals surface area contributed by atoms with Crippen molar-refractivity contribution in [1.29, 1.82) is 0 Å². The molecule has 7 nitrogen and oxygen atoms in total. The van der Waals surface area contributed by atoms with Crippen molar-refractivity contribution >= 4 is 22.6 Å². The summed E-state index contributed by atoms with van der Waals surface area (Å²) in [4.78, 5) is 22.9. The third-order valence-electron chi connectivity index (χ3n) is 6.37. The molecule has 0 bridgehead atoms. The highest BCUT2D eigenvalue weighted by atomic mass is 19.1. The largest absolute Gasteiger partial charge is 0.496 e. The second-order valence-corrected chi connectivity index (χ2v) is 8.36. The van der Waals surface area contributed by atoms with Crippen LogP contribution in [0.3, 0.4) is 0 Å². The molecule has 0 fully saturated rings. The van der Waals surface area contributed by atoms with Gasteiger partial charge in [-0.05, 0) is 49.7 Å². The van der Waals surface area contributed by atoms with Gasteiger partial charge in [0, 0.05) is 54.5 Å². The van der Waals surface area contributed by atoms with Crippen LogP contribution in [0, 0.1) is 12.7 Å². The van der Waals surface area contributed by atoms with Gasteiger partial charge in [0.05, 0.1) is 18.3 Å². The number of hydrogen-bond acceptors (Lipinski definition) is 5. The van der Waals surface area contributed by atoms with E-state index in [9.17, 15) is 9.18 Å². The van der Waals surface area contributed by atoms with Crippen molar-refractivity contribution in [2.24, 2.45) is 0 Å². The molecule has 0 saturated carbocycles. The van der Waals surface area contributed by atoms with Crippen molar-refractivity contribution in [2.75, 3.05) is 25.5 Å². The van der Waals surface area contributed by atoms with E-state index in [-0.39, 0.29) is 11.7 Å². The molecule has 0 spiro atoms. The molecule has 174 valence electrons. The molecule has 1 amide bonds. The Morgan fingerprint density at radius 3 is 2.79 bits per heavy atom. The summed E-state index contributed by atoms with van der Waals surface area (Å²) in [5.74, 6) is 1.15. The van der Waals surface area contributed by atoms with E-state index in [1.54, 1.807) is 13.2 Å². The van der Waals surface area contributed by atoms with Crippen LogP contribution in [0.1, 0.15) is 28.5 Å². The number of nitrogens with one attached hydrogen (secondary N) is 1. The van der Waals surface area contributed by atoms with Crippen molar-refractivity contribution < 1.29 is 13.9 Å². The molecule has 8 heteroatoms. The first kappa shape index (κ1) is 21.9. The SMILES string of the molecule is CCN1Cc2cc(-c3cc(NCCn4c(C)cc5c(OC)ccc(F)c54)ncn3)ccc2C1=O. The summed E-state index contributed by atoms with van der Waals surface area (Å²) >= 11 is 0. The summed E-state index contributed by atoms with van der Waals surface area (Å²) in [5, 5.41) is 4.09. The first-order chi connectivity index (χ1) is 16.5. The molecular formula is C26H26FN5O2. The molecule has 0 saturated heterocycles. The average Bonchev–Trinajstić information content (AvgIpc) is 3.36. The van der Waals surface area contributed by atoms with Gasteiger partial charge in [0.15, 0.2) is 0 Å². The zero-order chi connectivity index (χ0) is 23.8. The maximum Gasteiger partial charge on any atom is 0.254 e. The molecule has 3 heterocycles. The number of anilines is 1. The van der Waals surface area contributed by atoms with Crippen LogP contribution in [0.25, 0.3) is 22.2 Å². The van der Waals surface area contributed by atoms with Crippen LogP contribution in [0.4, 0.5) is 10.2 Å². The average molecular weight is 460 g/mol. The molecule has 5 rings (SSSR count). The summed E-state index contributed by atoms with van der Waals surface area (Å²) in [6, 6.07) is 12.7. The minimum atomic E-state index is -0.273. The quantitative estimate of drug-likeness (QED) is 0.436. The van der Waals surface area contributed by atoms with Crippen LogP contribution in [0.5, 0.6) is 5.75 Å². The summed E-state index contributed by atoms with van der Waals surface area (Å²) in [5.41, 5.74) is 4.99. The third-order valence-corrected chi connectivity index (χ3v) is 6.37. The van der Waals surface area contributed by atoms with Crippen molar-refractivity contribution in [3.8, 4) is 17.0 Å². The number of ether oxygens (including phenoxy) is 1. The minimum Gasteiger partial charge on any atom is -0.496 e. The number of hydrogen-bond donors (Lipinski definition) is 1. The fourth-order valence-electron chi connectivity index (χ4n) is 4.61. The molecule has 0 radical (unpaired) electrons. The molecule has 34 heavy (non-hydrogen) atoms. The molecule has 1 aliphatic rings. The number of nitrogens with zero attached hydrogens (tertiary/aromatic N) is 4. The Bertz CT molecular complexity index is 1400. The standard InChI is InChI=1S/C26H26FN5O2/c1-4-31-14-18-12-17(5-6-19(18)26(31)33)22-13-24(30-15-29-22)28-9-10-32-16(2)11-20-23(34-3)8-7-21(27)25(20)32/h5-8,11-13,15H,4,9-10,14H2,1-3H3,(H,28,29,30). The molecule has 0 atom stereocenters. The number of carbonyl (C=O) groups excluding carboxylic acids is 1. The highest BCUT2D eigenvalue weighted by Crippen LogP contribution is 2.31. The highest BCUT2D eigenvalue weighted by Gasteiger charge is 2.26. The summed E-state index contributed by atoms with van der Waals surface area (Å²) < 4.78 is 21.9. The number of carbonyl (C=O) groups is 1. The molecule has 2 aromatic heterocycles. The van der Waals surface area contributed by atoms with E-state index < -0.39 is 0 Å². The van der Waals surface area contributed by atoms with E-state index in [1.165, 1.54) is 12.4 Å². The van der Waals surface area contributed by atoms with Gasteiger partial charge in [-0.25, -0.2) is 14.4 Å². The second-order valence-electron chi connectivity index (χ2n) is 8.36. The molecule has 2 aromatic carbocycles. The maximum absolute atomic E-state index is 14.6. The Morgan fingerprint density at radius 2 is 2.00 bits per heavy atom. The number of methoxy groups -OCH3 is 1. The zero-order valence-corrected chi connectivity index (χ0v) is 19.4. The van der Waals surface area contributed by atoms with Gasteiger partial charge >= 0.3 is 0 Å². The Morgan fingerprint density at radius 1 is 1.15 bits per heavy atom. The van der Waals surface area contributed by atoms with Crippen molar-refractivity contribution in [1.82, 2.24) is 19.4 Å². The zero-order valence-electron chi connectivity index (χ0n) is 19.4. The van der Waals surface area contributed by atoms with Crippen LogP contribution in [-0.2, 0) is 13.1 Å². The van der Waals surface area contributed by atoms with Crippen LogP contribution in [0.2, 0.25) is 0 Å². The van der Waals surface area contributed by atoms with Crippen LogP contribution < -0.4 is 10.1 Å². The molecule has 4 aromatic rings. The molecule has 0 aliphatic carbocycles. The number of amides is 1. The van der Waals surface area contributed by atoms with Gasteiger partial charge in [0.1, 0.15) is 23.7 Å². The van der Waals surface area contributed by atoms with E-state index >= 15 is 0 Å². The van der Waals surface area contributed by atoms with Crippen LogP contribution in [-0.4, -0.2) is 45.5 Å². The van der Waals surface area contributed by atoms with Gasteiger partial charge in [-0.1, -0.05) is 6.07 Å². The Kier molecular flexibility index (Phi) is 5.65. The number of benzene rings is 2. The van der Waals surface area contributed by atoms with E-state index in [4.69, 9.17) is 4.74 Å². The van der Waals surface area contributed by atoms with Gasteiger partial charge in [-0.15, -0.1) is 0 Å². The lowest BCUT2D eigenvalue weighted by atomic mass is 10.0. The van der Waals surface area contributed by atoms with Gasteiger partial charge in [0.2, 0.25) is 0 Å². The van der Waals surface area contributed by atoms with Crippen LogP contribution in [0.15, 0.2) is 48.8 Å². The topological polar surface area (TPSA) is 72.3 Å². The molecule has 1 aliphatic heterocycles. The summed E-state index contributed by atoms with van der Waals surface area (Å²) in [6.07, 6.45) is 1.52. The fourth-order valence-corrected chi connectivity index (χ4v) is 4.61. The van der Waals surface area contributed by atoms with E-state index in [0.717, 1.165) is 33.5 Å². The second kappa shape index (κ2) is 8.78. The highest BCUT2D eigenvalue weighted by molar-refractivity contribution is 5.99. The number of aromatic nitrogens is 3. The maximum atomic E-state index is 14.6. The Hall–Kier alpha value is -3.94. The van der Waals surface area contributed by atoms with Crippen LogP contribution >= 0.6 is 0 Å². The number of fused-ring (bicyclic) bond motifs is 2. The van der Waals surface area contributed by atoms with Crippen molar-refractivity contribution in [2.45, 2.75) is 26.9 Å². The van der Waals surface area contributed by atoms with Gasteiger partial charge in [-0.2, -0.15) is 0 Å². The molecule has 1 N–H and O–H groups in total. The van der Waals surface area contributed by atoms with Gasteiger partial charge < -0.3 is 19.5 Å². The third kappa shape index (κ3) is 3.75. The lowest BCUT2D eigenvalue weighted by Gasteiger charge is -2.12. The lowest BCUT2D eigenvalue weighted by molar-refractivity contribution is 0.0787. The van der Waals surface area contributed by atoms with Gasteiger partial charge in [-0.3, -0.25) is 4.79 Å². The molecular weight excluding hydrogens is 433 g/mol. The summed E-state index contributed by atoms with van der Waals surface area (Å²) in [6.45, 7) is 6.38. The van der Waals surface area contributed by atoms with Gasteiger partial charge in [0.25, 0.3) is 5.91 Å². The number of aryl methyl sites for hydroxylation is 1. The molecule has 0 unspecified atom stereocenters. The fraction of sp³-hybridized carbons (Fsp3) is 0.269. The summed E-state index contributed by atoms with van der Waals surface area (Å²) in [7, 11) is 1.59. The Labute approximate surface area is 197 Å². The van der Waals surface area contributed by atoms with Crippen molar-refractivity contribution in [3.05, 3.63) is 71.4 Å². The first-order valence-corrected chi connectivity index (χ1v) is 11.3. The van der Waals surface area contributed by atoms with E-state index in [2.05, 4.69) is 15.3 Å². The van der Waals surface area contributed by atoms with Crippen molar-refractivity contribution in [3.63, 3.8) is 0 Å². The lowest BCUT2D eigenvalue weighted by Crippen LogP contribution is -2.22. The Balaban J connectivity index is 1.33. The minimum absolute atomic E-state index is 0.0796. The van der Waals surface area contributed by atoms with E-state index in [1.807, 2.05) is 53.6 Å². The smallest absolute Gasteiger partial charge is 0.254 e. The first-order valence-electron chi connectivity index (χ1n) is 11.3. The number of rotatable bonds is 7. The normalized spacial score (nSPS) is 12.9. The monoisotopic (exact) mass is 459 g/mol.